The average Bonchev–Trinajstić information content (AvgIpc) is 3.00. The van der Waals surface area contributed by atoms with Crippen molar-refractivity contribution in [2.45, 2.75) is 44.2 Å². The number of nitrogens with zero attached hydrogens (tertiary/aromatic N) is 2. The molecule has 3 aliphatic rings. The maximum absolute atomic E-state index is 12.8. The van der Waals surface area contributed by atoms with E-state index in [1.54, 1.807) is 0 Å². The number of piperazine rings is 1. The Morgan fingerprint density at radius 1 is 1.25 bits per heavy atom. The van der Waals surface area contributed by atoms with E-state index in [4.69, 9.17) is 0 Å². The molecule has 128 valence electrons. The molecule has 1 aromatic carbocycles. The second-order valence-corrected chi connectivity index (χ2v) is 7.90. The Kier molecular flexibility index (Phi) is 3.64. The standard InChI is InChI=1S/C19H25N3O2/c1-19(2)12-22-10-9-21(18(24)15-7-8-17(23)20-15)11-16(22)13-5-3-4-6-14(13)19/h3-6,15-16H,7-12H2,1-2H3,(H,20,23). The van der Waals surface area contributed by atoms with Crippen LogP contribution in [0.3, 0.4) is 0 Å². The summed E-state index contributed by atoms with van der Waals surface area (Å²) in [5.74, 6) is 0.0829. The van der Waals surface area contributed by atoms with Gasteiger partial charge in [-0.15, -0.1) is 0 Å². The van der Waals surface area contributed by atoms with Gasteiger partial charge in [0.2, 0.25) is 11.8 Å². The van der Waals surface area contributed by atoms with Crippen molar-refractivity contribution in [3.05, 3.63) is 35.4 Å². The van der Waals surface area contributed by atoms with Crippen LogP contribution >= 0.6 is 0 Å². The van der Waals surface area contributed by atoms with Crippen LogP contribution in [0.5, 0.6) is 0 Å². The highest BCUT2D eigenvalue weighted by molar-refractivity contribution is 5.90. The molecule has 3 heterocycles. The zero-order chi connectivity index (χ0) is 16.9. The van der Waals surface area contributed by atoms with Crippen molar-refractivity contribution in [3.63, 3.8) is 0 Å². The molecule has 5 heteroatoms. The zero-order valence-electron chi connectivity index (χ0n) is 14.4. The minimum Gasteiger partial charge on any atom is -0.344 e. The molecule has 2 saturated heterocycles. The summed E-state index contributed by atoms with van der Waals surface area (Å²) >= 11 is 0. The van der Waals surface area contributed by atoms with Crippen molar-refractivity contribution in [1.29, 1.82) is 0 Å². The third-order valence-electron chi connectivity index (χ3n) is 5.74. The summed E-state index contributed by atoms with van der Waals surface area (Å²) in [6.45, 7) is 7.99. The molecule has 0 saturated carbocycles. The Labute approximate surface area is 143 Å². The Bertz CT molecular complexity index is 685. The van der Waals surface area contributed by atoms with Crippen molar-refractivity contribution in [3.8, 4) is 0 Å². The van der Waals surface area contributed by atoms with E-state index in [1.165, 1.54) is 11.1 Å². The molecule has 1 aromatic rings. The second-order valence-electron chi connectivity index (χ2n) is 7.90. The van der Waals surface area contributed by atoms with E-state index >= 15 is 0 Å². The first kappa shape index (κ1) is 15.6. The summed E-state index contributed by atoms with van der Waals surface area (Å²) < 4.78 is 0. The largest absolute Gasteiger partial charge is 0.344 e. The predicted molar refractivity (Wildman–Crippen MR) is 91.5 cm³/mol. The number of carbonyl (C=O) groups excluding carboxylic acids is 2. The van der Waals surface area contributed by atoms with Gasteiger partial charge in [-0.25, -0.2) is 0 Å². The lowest BCUT2D eigenvalue weighted by atomic mass is 9.75. The lowest BCUT2D eigenvalue weighted by Gasteiger charge is -2.50. The minimum absolute atomic E-state index is 0.00301. The first-order valence-electron chi connectivity index (χ1n) is 8.87. The number of amides is 2. The van der Waals surface area contributed by atoms with Crippen LogP contribution < -0.4 is 5.32 Å². The van der Waals surface area contributed by atoms with E-state index in [-0.39, 0.29) is 29.3 Å². The summed E-state index contributed by atoms with van der Waals surface area (Å²) in [4.78, 5) is 28.6. The molecule has 0 aromatic heterocycles. The SMILES string of the molecule is CC1(C)CN2CCN(C(=O)C3CCC(=O)N3)CC2c2ccccc21. The number of benzene rings is 1. The molecule has 4 rings (SSSR count). The number of fused-ring (bicyclic) bond motifs is 3. The van der Waals surface area contributed by atoms with Gasteiger partial charge in [0.15, 0.2) is 0 Å². The zero-order valence-corrected chi connectivity index (χ0v) is 14.4. The Hall–Kier alpha value is -1.88. The highest BCUT2D eigenvalue weighted by Crippen LogP contribution is 2.41. The van der Waals surface area contributed by atoms with Gasteiger partial charge < -0.3 is 10.2 Å². The molecule has 3 aliphatic heterocycles. The second kappa shape index (κ2) is 5.59. The Morgan fingerprint density at radius 3 is 2.79 bits per heavy atom. The topological polar surface area (TPSA) is 52.7 Å². The average molecular weight is 327 g/mol. The molecule has 2 fully saturated rings. The molecular weight excluding hydrogens is 302 g/mol. The van der Waals surface area contributed by atoms with Gasteiger partial charge in [0.1, 0.15) is 6.04 Å². The minimum atomic E-state index is -0.320. The van der Waals surface area contributed by atoms with Gasteiger partial charge in [-0.3, -0.25) is 14.5 Å². The fourth-order valence-electron chi connectivity index (χ4n) is 4.52. The molecule has 24 heavy (non-hydrogen) atoms. The lowest BCUT2D eigenvalue weighted by Crippen LogP contribution is -2.58. The molecule has 0 bridgehead atoms. The molecule has 0 spiro atoms. The number of hydrogen-bond donors (Lipinski definition) is 1. The highest BCUT2D eigenvalue weighted by atomic mass is 16.2. The van der Waals surface area contributed by atoms with E-state index in [0.29, 0.717) is 12.8 Å². The van der Waals surface area contributed by atoms with Crippen LogP contribution in [0.4, 0.5) is 0 Å². The van der Waals surface area contributed by atoms with E-state index in [1.807, 2.05) is 4.90 Å². The lowest BCUT2D eigenvalue weighted by molar-refractivity contribution is -0.137. The fourth-order valence-corrected chi connectivity index (χ4v) is 4.52. The van der Waals surface area contributed by atoms with Crippen molar-refractivity contribution < 1.29 is 9.59 Å². The maximum Gasteiger partial charge on any atom is 0.245 e. The third kappa shape index (κ3) is 2.51. The summed E-state index contributed by atoms with van der Waals surface area (Å²) in [6.07, 6.45) is 1.10. The van der Waals surface area contributed by atoms with Crippen molar-refractivity contribution >= 4 is 11.8 Å². The third-order valence-corrected chi connectivity index (χ3v) is 5.74. The molecule has 5 nitrogen and oxygen atoms in total. The number of hydrogen-bond acceptors (Lipinski definition) is 3. The maximum atomic E-state index is 12.8. The molecule has 2 amide bonds. The first-order valence-corrected chi connectivity index (χ1v) is 8.87. The van der Waals surface area contributed by atoms with Crippen LogP contribution in [0.15, 0.2) is 24.3 Å². The van der Waals surface area contributed by atoms with E-state index < -0.39 is 0 Å². The fraction of sp³-hybridized carbons (Fsp3) is 0.579. The predicted octanol–water partition coefficient (Wildman–Crippen LogP) is 1.44. The van der Waals surface area contributed by atoms with Gasteiger partial charge in [0.25, 0.3) is 0 Å². The van der Waals surface area contributed by atoms with Gasteiger partial charge in [0, 0.05) is 38.0 Å². The van der Waals surface area contributed by atoms with Crippen molar-refractivity contribution in [2.24, 2.45) is 0 Å². The summed E-state index contributed by atoms with van der Waals surface area (Å²) in [7, 11) is 0. The van der Waals surface area contributed by atoms with Crippen molar-refractivity contribution in [1.82, 2.24) is 15.1 Å². The van der Waals surface area contributed by atoms with Crippen LogP contribution in [-0.2, 0) is 15.0 Å². The quantitative estimate of drug-likeness (QED) is 0.849. The molecule has 0 radical (unpaired) electrons. The normalized spacial score (nSPS) is 28.9. The monoisotopic (exact) mass is 327 g/mol. The van der Waals surface area contributed by atoms with E-state index in [9.17, 15) is 9.59 Å². The van der Waals surface area contributed by atoms with E-state index in [2.05, 4.69) is 48.3 Å². The van der Waals surface area contributed by atoms with Gasteiger partial charge in [-0.2, -0.15) is 0 Å². The van der Waals surface area contributed by atoms with Gasteiger partial charge >= 0.3 is 0 Å². The molecule has 2 unspecified atom stereocenters. The van der Waals surface area contributed by atoms with Crippen LogP contribution in [0.1, 0.15) is 43.9 Å². The van der Waals surface area contributed by atoms with Crippen LogP contribution in [0, 0.1) is 0 Å². The van der Waals surface area contributed by atoms with Crippen LogP contribution in [-0.4, -0.2) is 53.8 Å². The number of rotatable bonds is 1. The summed E-state index contributed by atoms with van der Waals surface area (Å²) in [5.41, 5.74) is 2.88. The number of nitrogens with one attached hydrogen (secondary N) is 1. The molecular formula is C19H25N3O2. The summed E-state index contributed by atoms with van der Waals surface area (Å²) in [6, 6.07) is 8.58. The molecule has 2 atom stereocenters. The number of carbonyl (C=O) groups is 2. The van der Waals surface area contributed by atoms with Gasteiger partial charge in [-0.1, -0.05) is 38.1 Å². The van der Waals surface area contributed by atoms with E-state index in [0.717, 1.165) is 26.2 Å². The van der Waals surface area contributed by atoms with Gasteiger partial charge in [-0.05, 0) is 17.5 Å². The first-order chi connectivity index (χ1) is 11.5. The highest BCUT2D eigenvalue weighted by Gasteiger charge is 2.42. The smallest absolute Gasteiger partial charge is 0.245 e. The van der Waals surface area contributed by atoms with Crippen LogP contribution in [0.2, 0.25) is 0 Å². The Morgan fingerprint density at radius 2 is 2.04 bits per heavy atom. The van der Waals surface area contributed by atoms with Gasteiger partial charge in [0.05, 0.1) is 6.04 Å². The molecule has 0 aliphatic carbocycles. The van der Waals surface area contributed by atoms with Crippen molar-refractivity contribution in [2.75, 3.05) is 26.2 Å². The summed E-state index contributed by atoms with van der Waals surface area (Å²) in [5, 5.41) is 2.81. The molecule has 1 N–H and O–H groups in total. The van der Waals surface area contributed by atoms with Crippen LogP contribution in [0.25, 0.3) is 0 Å². The Balaban J connectivity index is 1.58.